The number of ether oxygens (including phenoxy) is 1. The number of anilines is 2. The van der Waals surface area contributed by atoms with Crippen molar-refractivity contribution in [1.82, 2.24) is 4.90 Å². The van der Waals surface area contributed by atoms with Crippen LogP contribution in [0.5, 0.6) is 0 Å². The number of rotatable bonds is 6. The lowest BCUT2D eigenvalue weighted by atomic mass is 10.1. The minimum Gasteiger partial charge on any atom is -0.462 e. The fourth-order valence-corrected chi connectivity index (χ4v) is 3.44. The zero-order valence-corrected chi connectivity index (χ0v) is 16.5. The maximum atomic E-state index is 12.5. The molecule has 0 aliphatic carbocycles. The van der Waals surface area contributed by atoms with E-state index < -0.39 is 5.97 Å². The van der Waals surface area contributed by atoms with Gasteiger partial charge in [0, 0.05) is 31.9 Å². The second-order valence-electron chi connectivity index (χ2n) is 6.86. The SMILES string of the molecule is CCOC(=O)c1ccccc1NC(=O)CN1CCN(c2ccccc2C)CC1. The molecule has 6 heteroatoms. The van der Waals surface area contributed by atoms with Crippen molar-refractivity contribution in [1.29, 1.82) is 0 Å². The van der Waals surface area contributed by atoms with Gasteiger partial charge in [-0.2, -0.15) is 0 Å². The first-order valence-electron chi connectivity index (χ1n) is 9.67. The summed E-state index contributed by atoms with van der Waals surface area (Å²) in [5.74, 6) is -0.550. The highest BCUT2D eigenvalue weighted by molar-refractivity contribution is 6.01. The van der Waals surface area contributed by atoms with Crippen LogP contribution in [-0.2, 0) is 9.53 Å². The summed E-state index contributed by atoms with van der Waals surface area (Å²) in [5, 5.41) is 2.85. The fraction of sp³-hybridized carbons (Fsp3) is 0.364. The molecule has 148 valence electrons. The predicted molar refractivity (Wildman–Crippen MR) is 111 cm³/mol. The van der Waals surface area contributed by atoms with Gasteiger partial charge in [0.25, 0.3) is 0 Å². The molecule has 1 aliphatic heterocycles. The minimum absolute atomic E-state index is 0.124. The first-order chi connectivity index (χ1) is 13.6. The molecule has 0 unspecified atom stereocenters. The van der Waals surface area contributed by atoms with E-state index in [9.17, 15) is 9.59 Å². The van der Waals surface area contributed by atoms with Gasteiger partial charge in [-0.1, -0.05) is 30.3 Å². The predicted octanol–water partition coefficient (Wildman–Crippen LogP) is 2.93. The topological polar surface area (TPSA) is 61.9 Å². The largest absolute Gasteiger partial charge is 0.462 e. The summed E-state index contributed by atoms with van der Waals surface area (Å²) in [7, 11) is 0. The van der Waals surface area contributed by atoms with E-state index in [1.54, 1.807) is 31.2 Å². The summed E-state index contributed by atoms with van der Waals surface area (Å²) in [6.45, 7) is 7.90. The Labute approximate surface area is 166 Å². The average molecular weight is 381 g/mol. The number of esters is 1. The van der Waals surface area contributed by atoms with Crippen LogP contribution in [-0.4, -0.2) is 56.1 Å². The number of benzene rings is 2. The second kappa shape index (κ2) is 9.37. The van der Waals surface area contributed by atoms with Gasteiger partial charge in [-0.15, -0.1) is 0 Å². The zero-order valence-electron chi connectivity index (χ0n) is 16.5. The van der Waals surface area contributed by atoms with Gasteiger partial charge in [0.1, 0.15) is 0 Å². The van der Waals surface area contributed by atoms with Crippen LogP contribution in [0.25, 0.3) is 0 Å². The van der Waals surface area contributed by atoms with E-state index in [1.807, 2.05) is 6.07 Å². The number of hydrogen-bond donors (Lipinski definition) is 1. The van der Waals surface area contributed by atoms with Crippen LogP contribution in [0.1, 0.15) is 22.8 Å². The number of para-hydroxylation sites is 2. The van der Waals surface area contributed by atoms with E-state index in [-0.39, 0.29) is 5.91 Å². The molecule has 1 saturated heterocycles. The quantitative estimate of drug-likeness (QED) is 0.780. The summed E-state index contributed by atoms with van der Waals surface area (Å²) in [6.07, 6.45) is 0. The lowest BCUT2D eigenvalue weighted by Crippen LogP contribution is -2.48. The number of nitrogens with one attached hydrogen (secondary N) is 1. The van der Waals surface area contributed by atoms with Crippen molar-refractivity contribution in [3.05, 3.63) is 59.7 Å². The van der Waals surface area contributed by atoms with Gasteiger partial charge in [0.2, 0.25) is 5.91 Å². The van der Waals surface area contributed by atoms with Crippen LogP contribution in [0.15, 0.2) is 48.5 Å². The third-order valence-electron chi connectivity index (χ3n) is 4.89. The van der Waals surface area contributed by atoms with E-state index in [0.29, 0.717) is 24.4 Å². The molecular weight excluding hydrogens is 354 g/mol. The van der Waals surface area contributed by atoms with E-state index in [4.69, 9.17) is 4.74 Å². The number of amides is 1. The Morgan fingerprint density at radius 2 is 1.68 bits per heavy atom. The van der Waals surface area contributed by atoms with E-state index in [2.05, 4.69) is 40.2 Å². The van der Waals surface area contributed by atoms with E-state index in [0.717, 1.165) is 26.2 Å². The monoisotopic (exact) mass is 381 g/mol. The summed E-state index contributed by atoms with van der Waals surface area (Å²) < 4.78 is 5.06. The molecular formula is C22H27N3O3. The van der Waals surface area contributed by atoms with Crippen molar-refractivity contribution in [3.63, 3.8) is 0 Å². The zero-order chi connectivity index (χ0) is 19.9. The van der Waals surface area contributed by atoms with Gasteiger partial charge >= 0.3 is 5.97 Å². The number of hydrogen-bond acceptors (Lipinski definition) is 5. The van der Waals surface area contributed by atoms with Gasteiger partial charge in [-0.3, -0.25) is 9.69 Å². The summed E-state index contributed by atoms with van der Waals surface area (Å²) in [4.78, 5) is 29.0. The van der Waals surface area contributed by atoms with Crippen molar-refractivity contribution in [2.24, 2.45) is 0 Å². The molecule has 28 heavy (non-hydrogen) atoms. The number of carbonyl (C=O) groups excluding carboxylic acids is 2. The number of aryl methyl sites for hydroxylation is 1. The normalized spacial score (nSPS) is 14.6. The van der Waals surface area contributed by atoms with Crippen LogP contribution in [0.4, 0.5) is 11.4 Å². The van der Waals surface area contributed by atoms with Gasteiger partial charge in [-0.25, -0.2) is 4.79 Å². The molecule has 3 rings (SSSR count). The summed E-state index contributed by atoms with van der Waals surface area (Å²) in [6, 6.07) is 15.3. The molecule has 0 saturated carbocycles. The molecule has 0 bridgehead atoms. The Bertz CT molecular complexity index is 829. The van der Waals surface area contributed by atoms with Gasteiger partial charge in [-0.05, 0) is 37.6 Å². The number of piperazine rings is 1. The highest BCUT2D eigenvalue weighted by Crippen LogP contribution is 2.21. The van der Waals surface area contributed by atoms with Crippen LogP contribution in [0, 0.1) is 6.92 Å². The van der Waals surface area contributed by atoms with E-state index in [1.165, 1.54) is 11.3 Å². The second-order valence-corrected chi connectivity index (χ2v) is 6.86. The third kappa shape index (κ3) is 4.89. The minimum atomic E-state index is -0.426. The van der Waals surface area contributed by atoms with Gasteiger partial charge in [0.05, 0.1) is 24.4 Å². The van der Waals surface area contributed by atoms with Gasteiger partial charge in [0.15, 0.2) is 0 Å². The van der Waals surface area contributed by atoms with Crippen LogP contribution in [0.2, 0.25) is 0 Å². The van der Waals surface area contributed by atoms with Crippen LogP contribution >= 0.6 is 0 Å². The molecule has 1 amide bonds. The molecule has 1 fully saturated rings. The Kier molecular flexibility index (Phi) is 6.66. The van der Waals surface area contributed by atoms with Crippen molar-refractivity contribution in [2.45, 2.75) is 13.8 Å². The van der Waals surface area contributed by atoms with Crippen molar-refractivity contribution in [2.75, 3.05) is 49.5 Å². The molecule has 0 radical (unpaired) electrons. The van der Waals surface area contributed by atoms with Crippen molar-refractivity contribution < 1.29 is 14.3 Å². The lowest BCUT2D eigenvalue weighted by molar-refractivity contribution is -0.117. The Morgan fingerprint density at radius 3 is 2.39 bits per heavy atom. The average Bonchev–Trinajstić information content (AvgIpc) is 2.69. The Balaban J connectivity index is 1.54. The molecule has 1 N–H and O–H groups in total. The Hall–Kier alpha value is -2.86. The highest BCUT2D eigenvalue weighted by Gasteiger charge is 2.21. The fourth-order valence-electron chi connectivity index (χ4n) is 3.44. The smallest absolute Gasteiger partial charge is 0.340 e. The molecule has 2 aromatic carbocycles. The molecule has 0 aromatic heterocycles. The Morgan fingerprint density at radius 1 is 1.00 bits per heavy atom. The maximum Gasteiger partial charge on any atom is 0.340 e. The van der Waals surface area contributed by atoms with Crippen molar-refractivity contribution >= 4 is 23.3 Å². The van der Waals surface area contributed by atoms with Crippen molar-refractivity contribution in [3.8, 4) is 0 Å². The summed E-state index contributed by atoms with van der Waals surface area (Å²) >= 11 is 0. The molecule has 0 spiro atoms. The number of nitrogens with zero attached hydrogens (tertiary/aromatic N) is 2. The molecule has 2 aromatic rings. The third-order valence-corrected chi connectivity index (χ3v) is 4.89. The first kappa shape index (κ1) is 19.9. The van der Waals surface area contributed by atoms with Gasteiger partial charge < -0.3 is 15.0 Å². The van der Waals surface area contributed by atoms with Crippen LogP contribution in [0.3, 0.4) is 0 Å². The van der Waals surface area contributed by atoms with E-state index >= 15 is 0 Å². The summed E-state index contributed by atoms with van der Waals surface area (Å²) in [5.41, 5.74) is 3.39. The first-order valence-corrected chi connectivity index (χ1v) is 9.67. The standard InChI is InChI=1S/C22H27N3O3/c1-3-28-22(27)18-9-5-6-10-19(18)23-21(26)16-24-12-14-25(15-13-24)20-11-7-4-8-17(20)2/h4-11H,3,12-16H2,1-2H3,(H,23,26). The molecule has 6 nitrogen and oxygen atoms in total. The highest BCUT2D eigenvalue weighted by atomic mass is 16.5. The lowest BCUT2D eigenvalue weighted by Gasteiger charge is -2.36. The van der Waals surface area contributed by atoms with Crippen LogP contribution < -0.4 is 10.2 Å². The number of carbonyl (C=O) groups is 2. The molecule has 1 heterocycles. The molecule has 1 aliphatic rings. The maximum absolute atomic E-state index is 12.5. The molecule has 0 atom stereocenters.